The van der Waals surface area contributed by atoms with Crippen LogP contribution in [0.2, 0.25) is 0 Å². The van der Waals surface area contributed by atoms with E-state index in [1.54, 1.807) is 6.07 Å². The van der Waals surface area contributed by atoms with Crippen LogP contribution in [0.25, 0.3) is 0 Å². The maximum Gasteiger partial charge on any atom is 0.262 e. The topological polar surface area (TPSA) is 38.3 Å². The second kappa shape index (κ2) is 7.40. The van der Waals surface area contributed by atoms with Crippen LogP contribution in [0.5, 0.6) is 5.75 Å². The van der Waals surface area contributed by atoms with Crippen LogP contribution in [0.4, 0.5) is 10.1 Å². The third kappa shape index (κ3) is 4.56. The van der Waals surface area contributed by atoms with Gasteiger partial charge in [0.25, 0.3) is 5.91 Å². The number of ether oxygens (including phenoxy) is 1. The molecule has 0 atom stereocenters. The molecule has 1 amide bonds. The summed E-state index contributed by atoms with van der Waals surface area (Å²) in [6.45, 7) is 4.07. The normalized spacial score (nSPS) is 10.6. The van der Waals surface area contributed by atoms with Crippen molar-refractivity contribution in [2.24, 2.45) is 0 Å². The van der Waals surface area contributed by atoms with Crippen molar-refractivity contribution >= 4 is 27.5 Å². The summed E-state index contributed by atoms with van der Waals surface area (Å²) < 4.78 is 19.3. The molecule has 0 aliphatic rings. The average molecular weight is 366 g/mol. The number of rotatable bonds is 5. The molecule has 2 rings (SSSR count). The number of nitrogens with one attached hydrogen (secondary N) is 1. The van der Waals surface area contributed by atoms with Gasteiger partial charge in [0.15, 0.2) is 6.61 Å². The number of halogens is 2. The SMILES string of the molecule is CC(C)c1ccc(OCC(=O)Nc2cccc(F)c2)c(Br)c1. The van der Waals surface area contributed by atoms with Gasteiger partial charge in [0.1, 0.15) is 11.6 Å². The molecule has 0 aromatic heterocycles. The number of amides is 1. The summed E-state index contributed by atoms with van der Waals surface area (Å²) in [6.07, 6.45) is 0. The average Bonchev–Trinajstić information content (AvgIpc) is 2.45. The molecule has 0 radical (unpaired) electrons. The smallest absolute Gasteiger partial charge is 0.262 e. The molecule has 116 valence electrons. The predicted molar refractivity (Wildman–Crippen MR) is 88.8 cm³/mol. The summed E-state index contributed by atoms with van der Waals surface area (Å²) in [4.78, 5) is 11.8. The zero-order valence-electron chi connectivity index (χ0n) is 12.4. The molecule has 0 unspecified atom stereocenters. The van der Waals surface area contributed by atoms with Crippen LogP contribution < -0.4 is 10.1 Å². The first-order chi connectivity index (χ1) is 10.5. The van der Waals surface area contributed by atoms with Crippen molar-refractivity contribution in [1.82, 2.24) is 0 Å². The Morgan fingerprint density at radius 2 is 2.05 bits per heavy atom. The van der Waals surface area contributed by atoms with E-state index in [0.717, 1.165) is 4.47 Å². The molecule has 5 heteroatoms. The molecule has 0 heterocycles. The van der Waals surface area contributed by atoms with Crippen LogP contribution in [0.1, 0.15) is 25.3 Å². The highest BCUT2D eigenvalue weighted by Crippen LogP contribution is 2.28. The van der Waals surface area contributed by atoms with E-state index in [0.29, 0.717) is 17.4 Å². The van der Waals surface area contributed by atoms with E-state index < -0.39 is 5.82 Å². The van der Waals surface area contributed by atoms with Crippen molar-refractivity contribution in [2.75, 3.05) is 11.9 Å². The summed E-state index contributed by atoms with van der Waals surface area (Å²) in [5.74, 6) is 0.275. The van der Waals surface area contributed by atoms with Gasteiger partial charge < -0.3 is 10.1 Å². The van der Waals surface area contributed by atoms with E-state index in [1.807, 2.05) is 18.2 Å². The minimum absolute atomic E-state index is 0.143. The number of carbonyl (C=O) groups excluding carboxylic acids is 1. The second-order valence-corrected chi connectivity index (χ2v) is 6.05. The monoisotopic (exact) mass is 365 g/mol. The molecule has 0 fully saturated rings. The number of benzene rings is 2. The molecule has 2 aromatic carbocycles. The quantitative estimate of drug-likeness (QED) is 0.831. The first-order valence-electron chi connectivity index (χ1n) is 6.93. The predicted octanol–water partition coefficient (Wildman–Crippen LogP) is 4.73. The minimum atomic E-state index is -0.397. The first kappa shape index (κ1) is 16.5. The molecular formula is C17H17BrFNO2. The lowest BCUT2D eigenvalue weighted by molar-refractivity contribution is -0.118. The lowest BCUT2D eigenvalue weighted by atomic mass is 10.0. The Kier molecular flexibility index (Phi) is 5.55. The Bertz CT molecular complexity index is 673. The van der Waals surface area contributed by atoms with Gasteiger partial charge in [-0.05, 0) is 57.7 Å². The lowest BCUT2D eigenvalue weighted by Crippen LogP contribution is -2.20. The molecule has 1 N–H and O–H groups in total. The maximum atomic E-state index is 13.0. The van der Waals surface area contributed by atoms with Gasteiger partial charge in [-0.1, -0.05) is 26.0 Å². The van der Waals surface area contributed by atoms with Crippen LogP contribution >= 0.6 is 15.9 Å². The molecule has 0 aliphatic carbocycles. The number of anilines is 1. The highest BCUT2D eigenvalue weighted by Gasteiger charge is 2.08. The second-order valence-electron chi connectivity index (χ2n) is 5.19. The summed E-state index contributed by atoms with van der Waals surface area (Å²) in [5.41, 5.74) is 1.59. The van der Waals surface area contributed by atoms with E-state index in [9.17, 15) is 9.18 Å². The highest BCUT2D eigenvalue weighted by atomic mass is 79.9. The molecule has 2 aromatic rings. The van der Waals surface area contributed by atoms with Gasteiger partial charge in [0.2, 0.25) is 0 Å². The first-order valence-corrected chi connectivity index (χ1v) is 7.72. The van der Waals surface area contributed by atoms with E-state index >= 15 is 0 Å². The molecule has 22 heavy (non-hydrogen) atoms. The Balaban J connectivity index is 1.94. The summed E-state index contributed by atoms with van der Waals surface area (Å²) in [5, 5.41) is 2.58. The third-order valence-corrected chi connectivity index (χ3v) is 3.71. The van der Waals surface area contributed by atoms with E-state index in [2.05, 4.69) is 35.1 Å². The van der Waals surface area contributed by atoms with Crippen molar-refractivity contribution in [3.8, 4) is 5.75 Å². The molecule has 0 bridgehead atoms. The van der Waals surface area contributed by atoms with Crippen molar-refractivity contribution in [3.05, 3.63) is 58.3 Å². The third-order valence-electron chi connectivity index (χ3n) is 3.09. The Morgan fingerprint density at radius 1 is 1.27 bits per heavy atom. The molecule has 0 aliphatic heterocycles. The number of carbonyl (C=O) groups is 1. The maximum absolute atomic E-state index is 13.0. The number of hydrogen-bond donors (Lipinski definition) is 1. The van der Waals surface area contributed by atoms with Gasteiger partial charge >= 0.3 is 0 Å². The summed E-state index contributed by atoms with van der Waals surface area (Å²) >= 11 is 3.44. The summed E-state index contributed by atoms with van der Waals surface area (Å²) in [7, 11) is 0. The van der Waals surface area contributed by atoms with Crippen molar-refractivity contribution < 1.29 is 13.9 Å². The van der Waals surface area contributed by atoms with Crippen LogP contribution in [0.3, 0.4) is 0 Å². The van der Waals surface area contributed by atoms with Gasteiger partial charge in [0.05, 0.1) is 4.47 Å². The molecular weight excluding hydrogens is 349 g/mol. The fourth-order valence-corrected chi connectivity index (χ4v) is 2.41. The highest BCUT2D eigenvalue weighted by molar-refractivity contribution is 9.10. The lowest BCUT2D eigenvalue weighted by Gasteiger charge is -2.11. The fraction of sp³-hybridized carbons (Fsp3) is 0.235. The Labute approximate surface area is 137 Å². The molecule has 0 spiro atoms. The zero-order chi connectivity index (χ0) is 16.1. The van der Waals surface area contributed by atoms with Crippen molar-refractivity contribution in [2.45, 2.75) is 19.8 Å². The van der Waals surface area contributed by atoms with Crippen LogP contribution in [-0.2, 0) is 4.79 Å². The van der Waals surface area contributed by atoms with Crippen LogP contribution in [-0.4, -0.2) is 12.5 Å². The minimum Gasteiger partial charge on any atom is -0.483 e. The van der Waals surface area contributed by atoms with Crippen molar-refractivity contribution in [3.63, 3.8) is 0 Å². The van der Waals surface area contributed by atoms with Gasteiger partial charge in [0, 0.05) is 5.69 Å². The van der Waals surface area contributed by atoms with Gasteiger partial charge in [-0.15, -0.1) is 0 Å². The fourth-order valence-electron chi connectivity index (χ4n) is 1.90. The van der Waals surface area contributed by atoms with E-state index in [4.69, 9.17) is 4.74 Å². The largest absolute Gasteiger partial charge is 0.483 e. The Hall–Kier alpha value is -1.88. The standard InChI is InChI=1S/C17H17BrFNO2/c1-11(2)12-6-7-16(15(18)8-12)22-10-17(21)20-14-5-3-4-13(19)9-14/h3-9,11H,10H2,1-2H3,(H,20,21). The van der Waals surface area contributed by atoms with Crippen LogP contribution in [0.15, 0.2) is 46.9 Å². The molecule has 0 saturated carbocycles. The van der Waals surface area contributed by atoms with E-state index in [1.165, 1.54) is 23.8 Å². The van der Waals surface area contributed by atoms with Gasteiger partial charge in [-0.2, -0.15) is 0 Å². The van der Waals surface area contributed by atoms with Crippen LogP contribution in [0, 0.1) is 5.82 Å². The van der Waals surface area contributed by atoms with E-state index in [-0.39, 0.29) is 12.5 Å². The zero-order valence-corrected chi connectivity index (χ0v) is 14.0. The van der Waals surface area contributed by atoms with Crippen molar-refractivity contribution in [1.29, 1.82) is 0 Å². The van der Waals surface area contributed by atoms with Gasteiger partial charge in [-0.25, -0.2) is 4.39 Å². The molecule has 0 saturated heterocycles. The molecule has 3 nitrogen and oxygen atoms in total. The number of hydrogen-bond acceptors (Lipinski definition) is 2. The Morgan fingerprint density at radius 3 is 2.68 bits per heavy atom. The summed E-state index contributed by atoms with van der Waals surface area (Å²) in [6, 6.07) is 11.5. The van der Waals surface area contributed by atoms with Gasteiger partial charge in [-0.3, -0.25) is 4.79 Å².